The molecule has 0 unspecified atom stereocenters. The molecule has 1 N–H and O–H groups in total. The van der Waals surface area contributed by atoms with Crippen molar-refractivity contribution in [3.05, 3.63) is 54.1 Å². The van der Waals surface area contributed by atoms with Gasteiger partial charge in [-0.15, -0.1) is 0 Å². The smallest absolute Gasteiger partial charge is 0.240 e. The van der Waals surface area contributed by atoms with Crippen molar-refractivity contribution in [1.29, 1.82) is 0 Å². The molecule has 0 spiro atoms. The van der Waals surface area contributed by atoms with Crippen molar-refractivity contribution >= 4 is 10.0 Å². The third-order valence-electron chi connectivity index (χ3n) is 3.76. The van der Waals surface area contributed by atoms with Crippen LogP contribution in [0, 0.1) is 0 Å². The number of ether oxygens (including phenoxy) is 2. The molecule has 0 radical (unpaired) electrons. The highest BCUT2D eigenvalue weighted by molar-refractivity contribution is 7.89. The van der Waals surface area contributed by atoms with Crippen LogP contribution in [0.25, 0.3) is 0 Å². The number of hydrogen-bond acceptors (Lipinski definition) is 4. The molecule has 0 saturated carbocycles. The fraction of sp³-hybridized carbons (Fsp3) is 0.333. The zero-order chi connectivity index (χ0) is 17.2. The minimum absolute atomic E-state index is 0.185. The highest BCUT2D eigenvalue weighted by Gasteiger charge is 2.32. The number of fused-ring (bicyclic) bond motifs is 1. The highest BCUT2D eigenvalue weighted by Crippen LogP contribution is 2.41. The maximum atomic E-state index is 12.1. The summed E-state index contributed by atoms with van der Waals surface area (Å²) in [5, 5.41) is 0. The third-order valence-corrected chi connectivity index (χ3v) is 5.24. The van der Waals surface area contributed by atoms with E-state index in [1.54, 1.807) is 30.3 Å². The van der Waals surface area contributed by atoms with Gasteiger partial charge in [0, 0.05) is 18.5 Å². The van der Waals surface area contributed by atoms with E-state index in [0.29, 0.717) is 5.75 Å². The highest BCUT2D eigenvalue weighted by atomic mass is 32.2. The average molecular weight is 347 g/mol. The van der Waals surface area contributed by atoms with Crippen molar-refractivity contribution in [3.63, 3.8) is 0 Å². The van der Waals surface area contributed by atoms with Crippen LogP contribution in [0.15, 0.2) is 53.4 Å². The van der Waals surface area contributed by atoms with Gasteiger partial charge >= 0.3 is 0 Å². The molecule has 0 amide bonds. The van der Waals surface area contributed by atoms with Gasteiger partial charge in [-0.2, -0.15) is 0 Å². The molecule has 0 atom stereocenters. The number of sulfonamides is 1. The fourth-order valence-corrected chi connectivity index (χ4v) is 3.76. The molecule has 2 aromatic carbocycles. The minimum Gasteiger partial charge on any atom is -0.488 e. The van der Waals surface area contributed by atoms with Crippen LogP contribution in [0.1, 0.15) is 19.4 Å². The van der Waals surface area contributed by atoms with E-state index in [1.165, 1.54) is 0 Å². The lowest BCUT2D eigenvalue weighted by Gasteiger charge is -2.18. The fourth-order valence-electron chi connectivity index (χ4n) is 2.72. The largest absolute Gasteiger partial charge is 0.488 e. The molecular formula is C18H21NO4S. The first-order chi connectivity index (χ1) is 11.4. The summed E-state index contributed by atoms with van der Waals surface area (Å²) < 4.78 is 38.4. The van der Waals surface area contributed by atoms with Crippen molar-refractivity contribution < 1.29 is 17.9 Å². The Morgan fingerprint density at radius 1 is 1.12 bits per heavy atom. The van der Waals surface area contributed by atoms with Gasteiger partial charge in [0.2, 0.25) is 10.0 Å². The van der Waals surface area contributed by atoms with Crippen molar-refractivity contribution in [3.8, 4) is 11.5 Å². The molecule has 1 heterocycles. The Bertz CT molecular complexity index is 816. The lowest BCUT2D eigenvalue weighted by atomic mass is 10.0. The second-order valence-corrected chi connectivity index (χ2v) is 8.11. The Kier molecular flexibility index (Phi) is 4.51. The molecule has 0 saturated heterocycles. The molecule has 5 nitrogen and oxygen atoms in total. The number of benzene rings is 2. The van der Waals surface area contributed by atoms with E-state index in [1.807, 2.05) is 32.0 Å². The van der Waals surface area contributed by atoms with Gasteiger partial charge in [-0.1, -0.05) is 30.3 Å². The van der Waals surface area contributed by atoms with Crippen LogP contribution in [0.3, 0.4) is 0 Å². The van der Waals surface area contributed by atoms with E-state index in [4.69, 9.17) is 9.47 Å². The maximum absolute atomic E-state index is 12.1. The van der Waals surface area contributed by atoms with Gasteiger partial charge in [0.1, 0.15) is 12.2 Å². The van der Waals surface area contributed by atoms with Gasteiger partial charge in [-0.3, -0.25) is 0 Å². The van der Waals surface area contributed by atoms with Crippen molar-refractivity contribution in [2.45, 2.75) is 30.8 Å². The zero-order valence-electron chi connectivity index (χ0n) is 13.8. The molecule has 24 heavy (non-hydrogen) atoms. The van der Waals surface area contributed by atoms with Crippen LogP contribution in [-0.4, -0.2) is 27.2 Å². The van der Waals surface area contributed by atoms with Crippen molar-refractivity contribution in [2.24, 2.45) is 0 Å². The topological polar surface area (TPSA) is 64.6 Å². The standard InChI is InChI=1S/C18H21NO4S/c1-18(2)13-14-7-6-10-16(17(14)23-18)22-12-11-19-24(20,21)15-8-4-3-5-9-15/h3-10,19H,11-13H2,1-2H3. The molecule has 128 valence electrons. The first-order valence-electron chi connectivity index (χ1n) is 7.86. The molecule has 0 aliphatic carbocycles. The Morgan fingerprint density at radius 2 is 1.88 bits per heavy atom. The van der Waals surface area contributed by atoms with Crippen molar-refractivity contribution in [1.82, 2.24) is 4.72 Å². The summed E-state index contributed by atoms with van der Waals surface area (Å²) in [5.74, 6) is 1.41. The quantitative estimate of drug-likeness (QED) is 0.816. The monoisotopic (exact) mass is 347 g/mol. The van der Waals surface area contributed by atoms with Crippen LogP contribution in [0.2, 0.25) is 0 Å². The lowest BCUT2D eigenvalue weighted by Crippen LogP contribution is -2.28. The Labute approximate surface area is 142 Å². The molecule has 0 aromatic heterocycles. The molecule has 0 bridgehead atoms. The molecule has 1 aliphatic heterocycles. The number of hydrogen-bond donors (Lipinski definition) is 1. The van der Waals surface area contributed by atoms with E-state index < -0.39 is 10.0 Å². The summed E-state index contributed by atoms with van der Waals surface area (Å²) in [6.45, 7) is 4.48. The van der Waals surface area contributed by atoms with E-state index >= 15 is 0 Å². The van der Waals surface area contributed by atoms with Crippen LogP contribution < -0.4 is 14.2 Å². The third kappa shape index (κ3) is 3.71. The maximum Gasteiger partial charge on any atom is 0.240 e. The van der Waals surface area contributed by atoms with Crippen LogP contribution in [-0.2, 0) is 16.4 Å². The SMILES string of the molecule is CC1(C)Cc2cccc(OCCNS(=O)(=O)c3ccccc3)c2O1. The summed E-state index contributed by atoms with van der Waals surface area (Å²) in [5.41, 5.74) is 0.874. The number of nitrogens with one attached hydrogen (secondary N) is 1. The van der Waals surface area contributed by atoms with E-state index in [2.05, 4.69) is 4.72 Å². The molecule has 0 fully saturated rings. The summed E-state index contributed by atoms with van der Waals surface area (Å²) in [6.07, 6.45) is 0.834. The molecule has 2 aromatic rings. The molecular weight excluding hydrogens is 326 g/mol. The predicted molar refractivity (Wildman–Crippen MR) is 92.0 cm³/mol. The Hall–Kier alpha value is -2.05. The second-order valence-electron chi connectivity index (χ2n) is 6.34. The van der Waals surface area contributed by atoms with Gasteiger partial charge < -0.3 is 9.47 Å². The van der Waals surface area contributed by atoms with Gasteiger partial charge in [0.05, 0.1) is 4.90 Å². The summed E-state index contributed by atoms with van der Waals surface area (Å²) in [4.78, 5) is 0.246. The first kappa shape index (κ1) is 16.8. The molecule has 3 rings (SSSR count). The second kappa shape index (κ2) is 6.45. The van der Waals surface area contributed by atoms with Gasteiger partial charge in [-0.25, -0.2) is 13.1 Å². The van der Waals surface area contributed by atoms with E-state index in [0.717, 1.165) is 17.7 Å². The van der Waals surface area contributed by atoms with Gasteiger partial charge in [0.25, 0.3) is 0 Å². The first-order valence-corrected chi connectivity index (χ1v) is 9.34. The average Bonchev–Trinajstić information content (AvgIpc) is 2.87. The van der Waals surface area contributed by atoms with E-state index in [9.17, 15) is 8.42 Å². The number of para-hydroxylation sites is 1. The van der Waals surface area contributed by atoms with Crippen LogP contribution in [0.5, 0.6) is 11.5 Å². The Balaban J connectivity index is 1.58. The summed E-state index contributed by atoms with van der Waals surface area (Å²) in [6, 6.07) is 14.1. The van der Waals surface area contributed by atoms with E-state index in [-0.39, 0.29) is 23.6 Å². The zero-order valence-corrected chi connectivity index (χ0v) is 14.6. The number of rotatable bonds is 6. The normalized spacial score (nSPS) is 15.6. The minimum atomic E-state index is -3.51. The lowest BCUT2D eigenvalue weighted by molar-refractivity contribution is 0.132. The van der Waals surface area contributed by atoms with Crippen molar-refractivity contribution in [2.75, 3.05) is 13.2 Å². The van der Waals surface area contributed by atoms with Crippen LogP contribution >= 0.6 is 0 Å². The van der Waals surface area contributed by atoms with Crippen LogP contribution in [0.4, 0.5) is 0 Å². The summed E-state index contributed by atoms with van der Waals surface area (Å²) >= 11 is 0. The van der Waals surface area contributed by atoms with Gasteiger partial charge in [0.15, 0.2) is 11.5 Å². The molecule has 6 heteroatoms. The molecule has 1 aliphatic rings. The Morgan fingerprint density at radius 3 is 2.62 bits per heavy atom. The summed E-state index contributed by atoms with van der Waals surface area (Å²) in [7, 11) is -3.51. The van der Waals surface area contributed by atoms with Gasteiger partial charge in [-0.05, 0) is 32.0 Å². The predicted octanol–water partition coefficient (Wildman–Crippen LogP) is 2.76.